The standard InChI is InChI=1S/C20H19FN2O3/c1-3-4-17-18(20(24)25)19(13-5-7-14(21)8-6-13)22-23(17)15-9-11-16(26-2)12-10-15/h5-12H,3-4H2,1-2H3,(H,24,25). The lowest BCUT2D eigenvalue weighted by atomic mass is 10.0. The molecule has 0 unspecified atom stereocenters. The van der Waals surface area contributed by atoms with Crippen molar-refractivity contribution >= 4 is 5.97 Å². The fourth-order valence-corrected chi connectivity index (χ4v) is 2.89. The Kier molecular flexibility index (Phi) is 5.02. The third-order valence-corrected chi connectivity index (χ3v) is 4.12. The Bertz CT molecular complexity index is 915. The number of aromatic carboxylic acids is 1. The van der Waals surface area contributed by atoms with Gasteiger partial charge in [0.05, 0.1) is 18.5 Å². The molecule has 0 spiro atoms. The summed E-state index contributed by atoms with van der Waals surface area (Å²) in [4.78, 5) is 12.0. The van der Waals surface area contributed by atoms with Gasteiger partial charge in [-0.2, -0.15) is 5.10 Å². The van der Waals surface area contributed by atoms with Crippen molar-refractivity contribution in [3.63, 3.8) is 0 Å². The number of carboxylic acids is 1. The van der Waals surface area contributed by atoms with E-state index in [-0.39, 0.29) is 11.4 Å². The molecule has 5 nitrogen and oxygen atoms in total. The maximum absolute atomic E-state index is 13.2. The molecule has 6 heteroatoms. The molecule has 3 aromatic rings. The zero-order chi connectivity index (χ0) is 18.7. The van der Waals surface area contributed by atoms with E-state index in [2.05, 4.69) is 5.10 Å². The first-order valence-electron chi connectivity index (χ1n) is 8.30. The van der Waals surface area contributed by atoms with E-state index in [0.29, 0.717) is 29.1 Å². The number of aromatic nitrogens is 2. The van der Waals surface area contributed by atoms with E-state index in [1.807, 2.05) is 19.1 Å². The SMILES string of the molecule is CCCc1c(C(=O)O)c(-c2ccc(F)cc2)nn1-c1ccc(OC)cc1. The summed E-state index contributed by atoms with van der Waals surface area (Å²) in [5.41, 5.74) is 2.40. The quantitative estimate of drug-likeness (QED) is 0.715. The Hall–Kier alpha value is -3.15. The van der Waals surface area contributed by atoms with E-state index >= 15 is 0 Å². The summed E-state index contributed by atoms with van der Waals surface area (Å²) in [6.07, 6.45) is 1.33. The van der Waals surface area contributed by atoms with Gasteiger partial charge in [-0.15, -0.1) is 0 Å². The van der Waals surface area contributed by atoms with Crippen LogP contribution >= 0.6 is 0 Å². The fourth-order valence-electron chi connectivity index (χ4n) is 2.89. The number of hydrogen-bond donors (Lipinski definition) is 1. The van der Waals surface area contributed by atoms with E-state index in [4.69, 9.17) is 4.74 Å². The third kappa shape index (κ3) is 3.31. The molecule has 0 aliphatic carbocycles. The summed E-state index contributed by atoms with van der Waals surface area (Å²) in [6, 6.07) is 12.9. The maximum Gasteiger partial charge on any atom is 0.339 e. The Balaban J connectivity index is 2.21. The summed E-state index contributed by atoms with van der Waals surface area (Å²) in [6.45, 7) is 1.98. The summed E-state index contributed by atoms with van der Waals surface area (Å²) in [7, 11) is 1.58. The highest BCUT2D eigenvalue weighted by Gasteiger charge is 2.24. The molecule has 0 saturated carbocycles. The van der Waals surface area contributed by atoms with Crippen LogP contribution in [0.5, 0.6) is 5.75 Å². The molecule has 0 aliphatic heterocycles. The van der Waals surface area contributed by atoms with Gasteiger partial charge in [0.15, 0.2) is 0 Å². The average molecular weight is 354 g/mol. The number of carboxylic acid groups (broad SMARTS) is 1. The zero-order valence-electron chi connectivity index (χ0n) is 14.6. The molecule has 1 heterocycles. The Morgan fingerprint density at radius 1 is 1.15 bits per heavy atom. The van der Waals surface area contributed by atoms with Gasteiger partial charge in [0.1, 0.15) is 22.8 Å². The van der Waals surface area contributed by atoms with Crippen LogP contribution in [0.15, 0.2) is 48.5 Å². The highest BCUT2D eigenvalue weighted by Crippen LogP contribution is 2.29. The van der Waals surface area contributed by atoms with Crippen molar-refractivity contribution in [1.29, 1.82) is 0 Å². The van der Waals surface area contributed by atoms with Crippen molar-refractivity contribution < 1.29 is 19.0 Å². The van der Waals surface area contributed by atoms with Crippen LogP contribution in [-0.2, 0) is 6.42 Å². The van der Waals surface area contributed by atoms with E-state index in [9.17, 15) is 14.3 Å². The first-order chi connectivity index (χ1) is 12.5. The zero-order valence-corrected chi connectivity index (χ0v) is 14.6. The Labute approximate surface area is 150 Å². The summed E-state index contributed by atoms with van der Waals surface area (Å²) >= 11 is 0. The molecule has 2 aromatic carbocycles. The van der Waals surface area contributed by atoms with E-state index in [1.165, 1.54) is 24.3 Å². The molecule has 0 amide bonds. The van der Waals surface area contributed by atoms with E-state index < -0.39 is 5.97 Å². The lowest BCUT2D eigenvalue weighted by Crippen LogP contribution is -2.06. The van der Waals surface area contributed by atoms with Gasteiger partial charge in [0, 0.05) is 5.56 Å². The van der Waals surface area contributed by atoms with Crippen molar-refractivity contribution in [3.8, 4) is 22.7 Å². The number of ether oxygens (including phenoxy) is 1. The van der Waals surface area contributed by atoms with Crippen LogP contribution in [0.4, 0.5) is 4.39 Å². The van der Waals surface area contributed by atoms with Crippen molar-refractivity contribution in [2.24, 2.45) is 0 Å². The number of rotatable bonds is 6. The molecule has 1 aromatic heterocycles. The molecular weight excluding hydrogens is 335 g/mol. The minimum atomic E-state index is -1.05. The highest BCUT2D eigenvalue weighted by atomic mass is 19.1. The smallest absolute Gasteiger partial charge is 0.339 e. The summed E-state index contributed by atoms with van der Waals surface area (Å²) in [5.74, 6) is -0.725. The molecular formula is C20H19FN2O3. The van der Waals surface area contributed by atoms with Crippen LogP contribution in [0.3, 0.4) is 0 Å². The van der Waals surface area contributed by atoms with Gasteiger partial charge in [-0.25, -0.2) is 13.9 Å². The van der Waals surface area contributed by atoms with Crippen LogP contribution in [0.1, 0.15) is 29.4 Å². The fraction of sp³-hybridized carbons (Fsp3) is 0.200. The van der Waals surface area contributed by atoms with E-state index in [1.54, 1.807) is 23.9 Å². The predicted molar refractivity (Wildman–Crippen MR) is 96.5 cm³/mol. The molecule has 3 rings (SSSR count). The van der Waals surface area contributed by atoms with Gasteiger partial charge in [-0.3, -0.25) is 0 Å². The van der Waals surface area contributed by atoms with Crippen LogP contribution in [0.2, 0.25) is 0 Å². The number of nitrogens with zero attached hydrogens (tertiary/aromatic N) is 2. The van der Waals surface area contributed by atoms with Crippen molar-refractivity contribution in [2.45, 2.75) is 19.8 Å². The minimum absolute atomic E-state index is 0.147. The van der Waals surface area contributed by atoms with Gasteiger partial charge in [-0.1, -0.05) is 13.3 Å². The first-order valence-corrected chi connectivity index (χ1v) is 8.30. The first kappa shape index (κ1) is 17.7. The minimum Gasteiger partial charge on any atom is -0.497 e. The van der Waals surface area contributed by atoms with Crippen molar-refractivity contribution in [2.75, 3.05) is 7.11 Å². The molecule has 0 bridgehead atoms. The third-order valence-electron chi connectivity index (χ3n) is 4.12. The van der Waals surface area contributed by atoms with Gasteiger partial charge in [0.25, 0.3) is 0 Å². The van der Waals surface area contributed by atoms with Gasteiger partial charge in [-0.05, 0) is 55.0 Å². The lowest BCUT2D eigenvalue weighted by molar-refractivity contribution is 0.0696. The molecule has 0 atom stereocenters. The summed E-state index contributed by atoms with van der Waals surface area (Å²) < 4.78 is 20.1. The second-order valence-electron chi connectivity index (χ2n) is 5.84. The van der Waals surface area contributed by atoms with Gasteiger partial charge < -0.3 is 9.84 Å². The summed E-state index contributed by atoms with van der Waals surface area (Å²) in [5, 5.41) is 14.3. The largest absolute Gasteiger partial charge is 0.497 e. The number of carbonyl (C=O) groups is 1. The Morgan fingerprint density at radius 3 is 2.35 bits per heavy atom. The van der Waals surface area contributed by atoms with Gasteiger partial charge >= 0.3 is 5.97 Å². The molecule has 1 N–H and O–H groups in total. The van der Waals surface area contributed by atoms with Crippen molar-refractivity contribution in [3.05, 3.63) is 65.6 Å². The molecule has 0 fully saturated rings. The monoisotopic (exact) mass is 354 g/mol. The molecule has 134 valence electrons. The normalized spacial score (nSPS) is 10.7. The molecule has 0 saturated heterocycles. The maximum atomic E-state index is 13.2. The second-order valence-corrected chi connectivity index (χ2v) is 5.84. The number of benzene rings is 2. The average Bonchev–Trinajstić information content (AvgIpc) is 3.02. The van der Waals surface area contributed by atoms with E-state index in [0.717, 1.165) is 12.1 Å². The van der Waals surface area contributed by atoms with Crippen molar-refractivity contribution in [1.82, 2.24) is 9.78 Å². The van der Waals surface area contributed by atoms with Crippen LogP contribution in [0, 0.1) is 5.82 Å². The topological polar surface area (TPSA) is 64.3 Å². The lowest BCUT2D eigenvalue weighted by Gasteiger charge is -2.08. The van der Waals surface area contributed by atoms with Crippen LogP contribution in [-0.4, -0.2) is 28.0 Å². The molecule has 26 heavy (non-hydrogen) atoms. The number of halogens is 1. The van der Waals surface area contributed by atoms with Crippen LogP contribution in [0.25, 0.3) is 16.9 Å². The predicted octanol–water partition coefficient (Wildman–Crippen LogP) is 4.34. The molecule has 0 radical (unpaired) electrons. The Morgan fingerprint density at radius 2 is 1.81 bits per heavy atom. The number of methoxy groups -OCH3 is 1. The molecule has 0 aliphatic rings. The van der Waals surface area contributed by atoms with Gasteiger partial charge in [0.2, 0.25) is 0 Å². The highest BCUT2D eigenvalue weighted by molar-refractivity contribution is 5.96. The van der Waals surface area contributed by atoms with Crippen LogP contribution < -0.4 is 4.74 Å². The number of hydrogen-bond acceptors (Lipinski definition) is 3. The second kappa shape index (κ2) is 7.39.